The molecule has 2 aliphatic rings. The minimum absolute atomic E-state index is 0.0567. The van der Waals surface area contributed by atoms with Gasteiger partial charge in [-0.15, -0.1) is 0 Å². The Kier molecular flexibility index (Phi) is 8.39. The molecule has 0 aliphatic carbocycles. The number of ether oxygens (including phenoxy) is 2. The van der Waals surface area contributed by atoms with E-state index in [0.29, 0.717) is 13.0 Å². The first-order chi connectivity index (χ1) is 18.2. The largest absolute Gasteiger partial charge is 0.497 e. The number of anilines is 1. The van der Waals surface area contributed by atoms with E-state index in [1.807, 2.05) is 42.5 Å². The number of hydrogen-bond acceptors (Lipinski definition) is 5. The van der Waals surface area contributed by atoms with Crippen molar-refractivity contribution in [3.8, 4) is 5.75 Å². The normalized spacial score (nSPS) is 17.8. The Morgan fingerprint density at radius 2 is 1.76 bits per heavy atom. The molecule has 194 valence electrons. The molecule has 6 nitrogen and oxygen atoms in total. The van der Waals surface area contributed by atoms with Gasteiger partial charge in [-0.3, -0.25) is 9.69 Å². The van der Waals surface area contributed by atoms with Gasteiger partial charge in [0.2, 0.25) is 5.91 Å². The summed E-state index contributed by atoms with van der Waals surface area (Å²) in [5.41, 5.74) is 6.06. The van der Waals surface area contributed by atoms with Crippen LogP contribution in [0.25, 0.3) is 0 Å². The van der Waals surface area contributed by atoms with Gasteiger partial charge < -0.3 is 19.7 Å². The van der Waals surface area contributed by atoms with Crippen molar-refractivity contribution in [1.82, 2.24) is 10.2 Å². The fraction of sp³-hybridized carbons (Fsp3) is 0.387. The third-order valence-electron chi connectivity index (χ3n) is 7.46. The lowest BCUT2D eigenvalue weighted by Crippen LogP contribution is -2.46. The minimum atomic E-state index is 0.0567. The van der Waals surface area contributed by atoms with E-state index in [2.05, 4.69) is 45.4 Å². The molecule has 1 atom stereocenters. The maximum atomic E-state index is 12.5. The molecule has 5 rings (SSSR count). The fourth-order valence-electron chi connectivity index (χ4n) is 5.31. The van der Waals surface area contributed by atoms with Crippen LogP contribution in [0.4, 0.5) is 5.69 Å². The molecule has 0 bridgehead atoms. The maximum absolute atomic E-state index is 12.5. The summed E-state index contributed by atoms with van der Waals surface area (Å²) in [6.07, 6.45) is 2.44. The molecule has 0 spiro atoms. The second kappa shape index (κ2) is 12.3. The van der Waals surface area contributed by atoms with E-state index in [1.54, 1.807) is 7.11 Å². The Bertz CT molecular complexity index is 1160. The zero-order valence-electron chi connectivity index (χ0n) is 21.7. The average molecular weight is 500 g/mol. The van der Waals surface area contributed by atoms with Gasteiger partial charge in [0.1, 0.15) is 5.75 Å². The van der Waals surface area contributed by atoms with Crippen LogP contribution < -0.4 is 15.0 Å². The van der Waals surface area contributed by atoms with Gasteiger partial charge in [0.15, 0.2) is 0 Å². The highest BCUT2D eigenvalue weighted by atomic mass is 16.5. The van der Waals surface area contributed by atoms with E-state index in [4.69, 9.17) is 9.47 Å². The summed E-state index contributed by atoms with van der Waals surface area (Å²) >= 11 is 0. The number of methoxy groups -OCH3 is 1. The summed E-state index contributed by atoms with van der Waals surface area (Å²) < 4.78 is 11.5. The zero-order valence-corrected chi connectivity index (χ0v) is 21.7. The van der Waals surface area contributed by atoms with Crippen molar-refractivity contribution in [3.05, 3.63) is 95.1 Å². The molecule has 0 radical (unpaired) electrons. The molecule has 0 aromatic heterocycles. The first kappa shape index (κ1) is 25.3. The third kappa shape index (κ3) is 6.70. The van der Waals surface area contributed by atoms with Gasteiger partial charge in [-0.1, -0.05) is 48.5 Å². The molecule has 1 N–H and O–H groups in total. The third-order valence-corrected chi connectivity index (χ3v) is 7.46. The number of nitrogens with zero attached hydrogens (tertiary/aromatic N) is 2. The smallest absolute Gasteiger partial charge is 0.224 e. The van der Waals surface area contributed by atoms with Crippen LogP contribution in [0.15, 0.2) is 72.8 Å². The predicted octanol–water partition coefficient (Wildman–Crippen LogP) is 4.38. The van der Waals surface area contributed by atoms with Gasteiger partial charge in [-0.2, -0.15) is 0 Å². The Hall–Kier alpha value is -3.35. The standard InChI is InChI=1S/C31H37N3O3/c1-36-28-10-8-27(9-11-28)34-18-16-33(17-19-34)15-13-30-29-12-7-25(21-26(29)14-20-37-30)22-31(35)32-23-24-5-3-2-4-6-24/h2-12,21,30H,13-20,22-23H2,1H3,(H,32,35). The Morgan fingerprint density at radius 3 is 2.51 bits per heavy atom. The van der Waals surface area contributed by atoms with Crippen LogP contribution in [-0.4, -0.2) is 57.2 Å². The van der Waals surface area contributed by atoms with Gasteiger partial charge in [0.25, 0.3) is 0 Å². The second-order valence-electron chi connectivity index (χ2n) is 9.90. The summed E-state index contributed by atoms with van der Waals surface area (Å²) in [6.45, 7) is 6.52. The lowest BCUT2D eigenvalue weighted by molar-refractivity contribution is -0.120. The minimum Gasteiger partial charge on any atom is -0.497 e. The molecule has 3 aromatic rings. The van der Waals surface area contributed by atoms with E-state index >= 15 is 0 Å². The van der Waals surface area contributed by atoms with Gasteiger partial charge in [0.05, 0.1) is 26.2 Å². The van der Waals surface area contributed by atoms with E-state index in [-0.39, 0.29) is 12.0 Å². The second-order valence-corrected chi connectivity index (χ2v) is 9.90. The molecular weight excluding hydrogens is 462 g/mol. The fourth-order valence-corrected chi connectivity index (χ4v) is 5.31. The molecule has 0 saturated carbocycles. The Balaban J connectivity index is 1.10. The van der Waals surface area contributed by atoms with Crippen molar-refractivity contribution in [2.45, 2.75) is 31.9 Å². The van der Waals surface area contributed by atoms with Crippen LogP contribution in [0.1, 0.15) is 34.8 Å². The summed E-state index contributed by atoms with van der Waals surface area (Å²) in [4.78, 5) is 17.5. The first-order valence-corrected chi connectivity index (χ1v) is 13.3. The monoisotopic (exact) mass is 499 g/mol. The Morgan fingerprint density at radius 1 is 0.973 bits per heavy atom. The number of hydrogen-bond donors (Lipinski definition) is 1. The van der Waals surface area contributed by atoms with E-state index < -0.39 is 0 Å². The number of piperazine rings is 1. The maximum Gasteiger partial charge on any atom is 0.224 e. The summed E-state index contributed by atoms with van der Waals surface area (Å²) in [5, 5.41) is 3.03. The highest BCUT2D eigenvalue weighted by molar-refractivity contribution is 5.78. The van der Waals surface area contributed by atoms with Crippen molar-refractivity contribution in [2.24, 2.45) is 0 Å². The molecule has 2 aliphatic heterocycles. The summed E-state index contributed by atoms with van der Waals surface area (Å²) in [7, 11) is 1.70. The van der Waals surface area contributed by atoms with E-state index in [0.717, 1.165) is 69.0 Å². The number of benzene rings is 3. The predicted molar refractivity (Wildman–Crippen MR) is 147 cm³/mol. The quantitative estimate of drug-likeness (QED) is 0.474. The van der Waals surface area contributed by atoms with Crippen LogP contribution >= 0.6 is 0 Å². The van der Waals surface area contributed by atoms with E-state index in [1.165, 1.54) is 16.8 Å². The molecule has 6 heteroatoms. The summed E-state index contributed by atoms with van der Waals surface area (Å²) in [5.74, 6) is 0.954. The van der Waals surface area contributed by atoms with Gasteiger partial charge in [0, 0.05) is 45.0 Å². The SMILES string of the molecule is COc1ccc(N2CCN(CCC3OCCc4cc(CC(=O)NCc5ccccc5)ccc43)CC2)cc1. The number of carbonyl (C=O) groups excluding carboxylic acids is 1. The lowest BCUT2D eigenvalue weighted by atomic mass is 9.93. The van der Waals surface area contributed by atoms with Crippen molar-refractivity contribution < 1.29 is 14.3 Å². The molecule has 2 heterocycles. The van der Waals surface area contributed by atoms with Crippen LogP contribution in [0.3, 0.4) is 0 Å². The van der Waals surface area contributed by atoms with Crippen molar-refractivity contribution in [2.75, 3.05) is 51.3 Å². The molecular formula is C31H37N3O3. The molecule has 3 aromatic carbocycles. The molecule has 1 unspecified atom stereocenters. The topological polar surface area (TPSA) is 54.0 Å². The van der Waals surface area contributed by atoms with Crippen LogP contribution in [-0.2, 0) is 28.9 Å². The molecule has 1 fully saturated rings. The van der Waals surface area contributed by atoms with Crippen LogP contribution in [0, 0.1) is 0 Å². The van der Waals surface area contributed by atoms with Gasteiger partial charge in [-0.25, -0.2) is 0 Å². The highest BCUT2D eigenvalue weighted by Gasteiger charge is 2.24. The molecule has 1 saturated heterocycles. The van der Waals surface area contributed by atoms with Crippen LogP contribution in [0.5, 0.6) is 5.75 Å². The van der Waals surface area contributed by atoms with Crippen LogP contribution in [0.2, 0.25) is 0 Å². The Labute approximate surface area is 220 Å². The lowest BCUT2D eigenvalue weighted by Gasteiger charge is -2.37. The molecule has 37 heavy (non-hydrogen) atoms. The zero-order chi connectivity index (χ0) is 25.5. The number of rotatable bonds is 9. The number of nitrogens with one attached hydrogen (secondary N) is 1. The summed E-state index contributed by atoms with van der Waals surface area (Å²) in [6, 6.07) is 24.9. The number of amides is 1. The van der Waals surface area contributed by atoms with Gasteiger partial charge in [-0.05, 0) is 59.4 Å². The number of fused-ring (bicyclic) bond motifs is 1. The average Bonchev–Trinajstić information content (AvgIpc) is 2.96. The van der Waals surface area contributed by atoms with E-state index in [9.17, 15) is 4.79 Å². The first-order valence-electron chi connectivity index (χ1n) is 13.3. The van der Waals surface area contributed by atoms with Crippen molar-refractivity contribution in [1.29, 1.82) is 0 Å². The van der Waals surface area contributed by atoms with Crippen molar-refractivity contribution in [3.63, 3.8) is 0 Å². The number of carbonyl (C=O) groups is 1. The van der Waals surface area contributed by atoms with Crippen molar-refractivity contribution >= 4 is 11.6 Å². The molecule has 1 amide bonds. The van der Waals surface area contributed by atoms with Gasteiger partial charge >= 0.3 is 0 Å². The highest BCUT2D eigenvalue weighted by Crippen LogP contribution is 2.31.